The minimum Gasteiger partial charge on any atom is -0.453 e. The zero-order valence-corrected chi connectivity index (χ0v) is 20.2. The van der Waals surface area contributed by atoms with E-state index in [2.05, 4.69) is 20.4 Å². The molecule has 3 amide bonds. The van der Waals surface area contributed by atoms with Crippen LogP contribution in [0.1, 0.15) is 18.5 Å². The number of rotatable bonds is 9. The monoisotopic (exact) mass is 497 g/mol. The van der Waals surface area contributed by atoms with Crippen molar-refractivity contribution in [2.75, 3.05) is 26.5 Å². The van der Waals surface area contributed by atoms with Gasteiger partial charge in [-0.05, 0) is 55.3 Å². The van der Waals surface area contributed by atoms with Gasteiger partial charge in [-0.2, -0.15) is 0 Å². The molecular weight excluding hydrogens is 469 g/mol. The lowest BCUT2D eigenvalue weighted by molar-refractivity contribution is -0.123. The number of methoxy groups -OCH3 is 1. The number of alkyl carbamates (subject to hydrolysis) is 1. The van der Waals surface area contributed by atoms with E-state index in [1.165, 1.54) is 40.9 Å². The highest BCUT2D eigenvalue weighted by atomic mass is 19.1. The predicted molar refractivity (Wildman–Crippen MR) is 133 cm³/mol. The number of carbonyl (C=O) groups is 3. The Morgan fingerprint density at radius 2 is 2.00 bits per heavy atom. The number of allylic oxidation sites excluding steroid dienone is 1. The minimum absolute atomic E-state index is 0.0275. The summed E-state index contributed by atoms with van der Waals surface area (Å²) in [7, 11) is 4.41. The van der Waals surface area contributed by atoms with Crippen LogP contribution in [0.15, 0.2) is 59.5 Å². The van der Waals surface area contributed by atoms with E-state index in [0.717, 1.165) is 5.52 Å². The van der Waals surface area contributed by atoms with Gasteiger partial charge in [-0.1, -0.05) is 6.08 Å². The number of anilines is 1. The van der Waals surface area contributed by atoms with Crippen molar-refractivity contribution in [1.82, 2.24) is 19.8 Å². The van der Waals surface area contributed by atoms with E-state index >= 15 is 0 Å². The molecule has 0 unspecified atom stereocenters. The summed E-state index contributed by atoms with van der Waals surface area (Å²) in [5.74, 6) is -1.17. The molecule has 0 aliphatic rings. The number of H-pyrrole nitrogens is 1. The number of hydrogen-bond acceptors (Lipinski definition) is 5. The fourth-order valence-electron chi connectivity index (χ4n) is 3.47. The second kappa shape index (κ2) is 11.8. The van der Waals surface area contributed by atoms with E-state index < -0.39 is 23.6 Å². The van der Waals surface area contributed by atoms with Crippen molar-refractivity contribution in [2.45, 2.75) is 25.4 Å². The van der Waals surface area contributed by atoms with E-state index in [9.17, 15) is 23.6 Å². The average molecular weight is 498 g/mol. The number of hydrogen-bond donors (Lipinski definition) is 3. The molecule has 0 saturated carbocycles. The Hall–Kier alpha value is -4.41. The van der Waals surface area contributed by atoms with E-state index in [0.29, 0.717) is 17.5 Å². The number of halogens is 1. The molecule has 0 spiro atoms. The summed E-state index contributed by atoms with van der Waals surface area (Å²) in [4.78, 5) is 53.8. The number of nitrogens with one attached hydrogen (secondary N) is 3. The summed E-state index contributed by atoms with van der Waals surface area (Å²) in [5, 5.41) is 5.69. The van der Waals surface area contributed by atoms with Crippen molar-refractivity contribution < 1.29 is 23.5 Å². The van der Waals surface area contributed by atoms with Crippen molar-refractivity contribution >= 4 is 34.5 Å². The Balaban J connectivity index is 1.73. The number of ether oxygens (including phenoxy) is 1. The van der Waals surface area contributed by atoms with Gasteiger partial charge in [0.1, 0.15) is 17.5 Å². The maximum atomic E-state index is 13.5. The average Bonchev–Trinajstić information content (AvgIpc) is 3.24. The Labute approximate surface area is 206 Å². The SMILES string of the molecule is COC(=O)N[C@@H](CC/C=C/C(=O)N(C)C)C(=O)Nc1cccn(Cc2cc3cc(F)ccc3[nH]2)c1=O. The number of nitrogens with zero attached hydrogens (tertiary/aromatic N) is 2. The molecule has 0 aliphatic carbocycles. The fourth-order valence-corrected chi connectivity index (χ4v) is 3.47. The summed E-state index contributed by atoms with van der Waals surface area (Å²) < 4.78 is 19.5. The van der Waals surface area contributed by atoms with E-state index in [4.69, 9.17) is 0 Å². The van der Waals surface area contributed by atoms with Crippen LogP contribution in [0.25, 0.3) is 10.9 Å². The first-order valence-electron chi connectivity index (χ1n) is 11.2. The van der Waals surface area contributed by atoms with Gasteiger partial charge in [-0.15, -0.1) is 0 Å². The molecule has 11 heteroatoms. The summed E-state index contributed by atoms with van der Waals surface area (Å²) >= 11 is 0. The largest absolute Gasteiger partial charge is 0.453 e. The Morgan fingerprint density at radius 3 is 2.72 bits per heavy atom. The molecule has 36 heavy (non-hydrogen) atoms. The number of aromatic amines is 1. The summed E-state index contributed by atoms with van der Waals surface area (Å²) in [6.07, 6.45) is 4.24. The van der Waals surface area contributed by atoms with Gasteiger partial charge in [0.05, 0.1) is 13.7 Å². The van der Waals surface area contributed by atoms with Crippen molar-refractivity contribution in [3.63, 3.8) is 0 Å². The summed E-state index contributed by atoms with van der Waals surface area (Å²) in [6, 6.07) is 8.18. The van der Waals surface area contributed by atoms with Gasteiger partial charge in [0.25, 0.3) is 5.56 Å². The van der Waals surface area contributed by atoms with Crippen LogP contribution in [0.3, 0.4) is 0 Å². The van der Waals surface area contributed by atoms with Crippen LogP contribution in [0.2, 0.25) is 0 Å². The van der Waals surface area contributed by atoms with Crippen LogP contribution in [-0.2, 0) is 20.9 Å². The van der Waals surface area contributed by atoms with Crippen LogP contribution in [0, 0.1) is 5.82 Å². The van der Waals surface area contributed by atoms with Crippen molar-refractivity contribution in [1.29, 1.82) is 0 Å². The Kier molecular flexibility index (Phi) is 8.61. The van der Waals surface area contributed by atoms with Crippen LogP contribution < -0.4 is 16.2 Å². The third-order valence-corrected chi connectivity index (χ3v) is 5.37. The Morgan fingerprint density at radius 1 is 1.22 bits per heavy atom. The second-order valence-electron chi connectivity index (χ2n) is 8.27. The molecule has 2 heterocycles. The van der Waals surface area contributed by atoms with Gasteiger partial charge >= 0.3 is 6.09 Å². The zero-order chi connectivity index (χ0) is 26.2. The molecule has 0 radical (unpaired) electrons. The van der Waals surface area contributed by atoms with Gasteiger partial charge in [0.15, 0.2) is 0 Å². The fraction of sp³-hybridized carbons (Fsp3) is 0.280. The lowest BCUT2D eigenvalue weighted by Crippen LogP contribution is -2.44. The third kappa shape index (κ3) is 6.81. The smallest absolute Gasteiger partial charge is 0.407 e. The second-order valence-corrected chi connectivity index (χ2v) is 8.27. The number of benzene rings is 1. The van der Waals surface area contributed by atoms with Gasteiger partial charge < -0.3 is 29.8 Å². The first-order chi connectivity index (χ1) is 17.2. The maximum Gasteiger partial charge on any atom is 0.407 e. The molecule has 3 aromatic rings. The lowest BCUT2D eigenvalue weighted by atomic mass is 10.1. The number of likely N-dealkylation sites (N-methyl/N-ethyl adjacent to an activating group) is 1. The number of carbonyl (C=O) groups excluding carboxylic acids is 3. The topological polar surface area (TPSA) is 126 Å². The Bertz CT molecular complexity index is 1340. The van der Waals surface area contributed by atoms with Crippen LogP contribution in [0.4, 0.5) is 14.9 Å². The van der Waals surface area contributed by atoms with Gasteiger partial charge in [0.2, 0.25) is 11.8 Å². The summed E-state index contributed by atoms with van der Waals surface area (Å²) in [5.41, 5.74) is 0.996. The quantitative estimate of drug-likeness (QED) is 0.392. The first-order valence-corrected chi connectivity index (χ1v) is 11.2. The molecular formula is C25H28FN5O5. The first kappa shape index (κ1) is 26.2. The van der Waals surface area contributed by atoms with Crippen molar-refractivity contribution in [3.05, 3.63) is 76.6 Å². The summed E-state index contributed by atoms with van der Waals surface area (Å²) in [6.45, 7) is 0.174. The molecule has 0 saturated heterocycles. The minimum atomic E-state index is -1.01. The van der Waals surface area contributed by atoms with E-state index in [-0.39, 0.29) is 30.4 Å². The lowest BCUT2D eigenvalue weighted by Gasteiger charge is -2.17. The van der Waals surface area contributed by atoms with E-state index in [1.54, 1.807) is 44.6 Å². The molecule has 0 aliphatic heterocycles. The molecule has 1 atom stereocenters. The molecule has 0 bridgehead atoms. The van der Waals surface area contributed by atoms with Gasteiger partial charge in [-0.3, -0.25) is 14.4 Å². The van der Waals surface area contributed by atoms with E-state index in [1.807, 2.05) is 0 Å². The molecule has 1 aromatic carbocycles. The zero-order valence-electron chi connectivity index (χ0n) is 20.2. The van der Waals surface area contributed by atoms with Gasteiger partial charge in [0, 0.05) is 36.9 Å². The number of fused-ring (bicyclic) bond motifs is 1. The highest BCUT2D eigenvalue weighted by Crippen LogP contribution is 2.17. The van der Waals surface area contributed by atoms with Crippen LogP contribution >= 0.6 is 0 Å². The standard InChI is InChI=1S/C25H28FN5O5/c1-30(2)22(32)9-5-4-7-20(29-25(35)36-3)23(33)28-21-8-6-12-31(24(21)34)15-18-14-16-13-17(26)10-11-19(16)27-18/h5-6,8-14,20,27H,4,7,15H2,1-3H3,(H,28,33)(H,29,35)/b9-5+/t20-/m0/s1. The molecule has 10 nitrogen and oxygen atoms in total. The predicted octanol–water partition coefficient (Wildman–Crippen LogP) is 2.60. The molecule has 2 aromatic heterocycles. The highest BCUT2D eigenvalue weighted by Gasteiger charge is 2.22. The van der Waals surface area contributed by atoms with Crippen molar-refractivity contribution in [3.8, 4) is 0 Å². The molecule has 3 rings (SSSR count). The molecule has 3 N–H and O–H groups in total. The highest BCUT2D eigenvalue weighted by molar-refractivity contribution is 5.96. The normalized spacial score (nSPS) is 11.9. The third-order valence-electron chi connectivity index (χ3n) is 5.37. The molecule has 0 fully saturated rings. The van der Waals surface area contributed by atoms with Crippen molar-refractivity contribution in [2.24, 2.45) is 0 Å². The van der Waals surface area contributed by atoms with Gasteiger partial charge in [-0.25, -0.2) is 9.18 Å². The van der Waals surface area contributed by atoms with Crippen LogP contribution in [-0.4, -0.2) is 59.6 Å². The maximum absolute atomic E-state index is 13.5. The number of pyridine rings is 1. The number of amides is 3. The number of aromatic nitrogens is 2. The van der Waals surface area contributed by atoms with Crippen LogP contribution in [0.5, 0.6) is 0 Å². The molecule has 190 valence electrons.